The second-order valence-corrected chi connectivity index (χ2v) is 4.34. The number of carboxylic acid groups (broad SMARTS) is 1. The molecule has 5 nitrogen and oxygen atoms in total. The van der Waals surface area contributed by atoms with Crippen LogP contribution in [-0.2, 0) is 0 Å². The van der Waals surface area contributed by atoms with Crippen molar-refractivity contribution in [1.82, 2.24) is 4.98 Å². The largest absolute Gasteiger partial charge is 0.478 e. The van der Waals surface area contributed by atoms with Crippen molar-refractivity contribution in [2.24, 2.45) is 0 Å². The SMILES string of the molecule is O=C(O)c1ccc(NC(=O)c2cc(F)c(F)cc2Cl)nc1. The van der Waals surface area contributed by atoms with E-state index >= 15 is 0 Å². The first-order chi connectivity index (χ1) is 9.88. The van der Waals surface area contributed by atoms with Gasteiger partial charge in [-0.25, -0.2) is 18.6 Å². The molecule has 108 valence electrons. The van der Waals surface area contributed by atoms with E-state index in [1.54, 1.807) is 0 Å². The van der Waals surface area contributed by atoms with E-state index in [0.717, 1.165) is 6.20 Å². The summed E-state index contributed by atoms with van der Waals surface area (Å²) in [7, 11) is 0. The number of hydrogen-bond acceptors (Lipinski definition) is 3. The fourth-order valence-electron chi connectivity index (χ4n) is 1.47. The van der Waals surface area contributed by atoms with Gasteiger partial charge >= 0.3 is 5.97 Å². The summed E-state index contributed by atoms with van der Waals surface area (Å²) in [6.07, 6.45) is 1.05. The minimum absolute atomic E-state index is 0.0470. The fourth-order valence-corrected chi connectivity index (χ4v) is 1.71. The molecule has 0 aliphatic rings. The van der Waals surface area contributed by atoms with E-state index in [4.69, 9.17) is 16.7 Å². The van der Waals surface area contributed by atoms with Crippen LogP contribution in [0.3, 0.4) is 0 Å². The number of anilines is 1. The van der Waals surface area contributed by atoms with Gasteiger partial charge in [-0.15, -0.1) is 0 Å². The average Bonchev–Trinajstić information content (AvgIpc) is 2.43. The van der Waals surface area contributed by atoms with Crippen LogP contribution in [-0.4, -0.2) is 22.0 Å². The molecule has 2 N–H and O–H groups in total. The number of carboxylic acids is 1. The Labute approximate surface area is 122 Å². The normalized spacial score (nSPS) is 10.2. The van der Waals surface area contributed by atoms with Gasteiger partial charge in [0.1, 0.15) is 5.82 Å². The summed E-state index contributed by atoms with van der Waals surface area (Å²) in [5.41, 5.74) is -0.321. The number of nitrogens with zero attached hydrogens (tertiary/aromatic N) is 1. The Hall–Kier alpha value is -2.54. The van der Waals surface area contributed by atoms with Gasteiger partial charge in [-0.3, -0.25) is 4.79 Å². The number of halogens is 3. The molecule has 1 amide bonds. The first kappa shape index (κ1) is 14.9. The number of amides is 1. The van der Waals surface area contributed by atoms with Crippen molar-refractivity contribution in [3.8, 4) is 0 Å². The highest BCUT2D eigenvalue weighted by molar-refractivity contribution is 6.34. The number of hydrogen-bond donors (Lipinski definition) is 2. The predicted octanol–water partition coefficient (Wildman–Crippen LogP) is 2.96. The van der Waals surface area contributed by atoms with Gasteiger partial charge in [0.05, 0.1) is 16.1 Å². The topological polar surface area (TPSA) is 79.3 Å². The maximum atomic E-state index is 13.1. The zero-order valence-corrected chi connectivity index (χ0v) is 11.0. The number of rotatable bonds is 3. The molecule has 0 bridgehead atoms. The summed E-state index contributed by atoms with van der Waals surface area (Å²) in [5.74, 6) is -4.29. The number of aromatic carboxylic acids is 1. The Balaban J connectivity index is 2.22. The van der Waals surface area contributed by atoms with Gasteiger partial charge < -0.3 is 10.4 Å². The number of nitrogens with one attached hydrogen (secondary N) is 1. The molecule has 1 aromatic carbocycles. The van der Waals surface area contributed by atoms with E-state index in [1.807, 2.05) is 0 Å². The van der Waals surface area contributed by atoms with Crippen molar-refractivity contribution >= 4 is 29.3 Å². The molecule has 1 heterocycles. The minimum atomic E-state index is -1.21. The van der Waals surface area contributed by atoms with Crippen molar-refractivity contribution in [2.75, 3.05) is 5.32 Å². The maximum Gasteiger partial charge on any atom is 0.337 e. The van der Waals surface area contributed by atoms with Gasteiger partial charge in [-0.1, -0.05) is 11.6 Å². The standard InChI is InChI=1S/C13H7ClF2N2O3/c14-8-4-10(16)9(15)3-7(8)12(19)18-11-2-1-6(5-17-11)13(20)21/h1-5H,(H,20,21)(H,17,18,19). The molecule has 0 saturated heterocycles. The third-order valence-electron chi connectivity index (χ3n) is 2.51. The molecule has 2 aromatic rings. The van der Waals surface area contributed by atoms with Gasteiger partial charge in [-0.05, 0) is 24.3 Å². The molecule has 2 rings (SSSR count). The Morgan fingerprint density at radius 2 is 1.86 bits per heavy atom. The molecule has 0 saturated carbocycles. The summed E-state index contributed by atoms with van der Waals surface area (Å²) in [6.45, 7) is 0. The number of carbonyl (C=O) groups is 2. The molecule has 0 aliphatic carbocycles. The molecule has 0 radical (unpaired) electrons. The summed E-state index contributed by atoms with van der Waals surface area (Å²) >= 11 is 5.66. The van der Waals surface area contributed by atoms with Crippen LogP contribution in [0.4, 0.5) is 14.6 Å². The first-order valence-electron chi connectivity index (χ1n) is 5.53. The lowest BCUT2D eigenvalue weighted by Gasteiger charge is -2.07. The third kappa shape index (κ3) is 3.32. The maximum absolute atomic E-state index is 13.1. The molecule has 0 fully saturated rings. The number of benzene rings is 1. The predicted molar refractivity (Wildman–Crippen MR) is 70.5 cm³/mol. The molecule has 1 aromatic heterocycles. The van der Waals surface area contributed by atoms with Crippen LogP contribution in [0.5, 0.6) is 0 Å². The zero-order chi connectivity index (χ0) is 15.6. The summed E-state index contributed by atoms with van der Waals surface area (Å²) < 4.78 is 26.0. The molecular weight excluding hydrogens is 306 g/mol. The second kappa shape index (κ2) is 5.84. The lowest BCUT2D eigenvalue weighted by molar-refractivity contribution is 0.0696. The van der Waals surface area contributed by atoms with Crippen molar-refractivity contribution in [1.29, 1.82) is 0 Å². The van der Waals surface area contributed by atoms with E-state index in [-0.39, 0.29) is 22.0 Å². The Morgan fingerprint density at radius 1 is 1.19 bits per heavy atom. The quantitative estimate of drug-likeness (QED) is 0.854. The van der Waals surface area contributed by atoms with E-state index in [0.29, 0.717) is 12.1 Å². The highest BCUT2D eigenvalue weighted by Gasteiger charge is 2.15. The van der Waals surface area contributed by atoms with E-state index < -0.39 is 23.5 Å². The fraction of sp³-hybridized carbons (Fsp3) is 0. The van der Waals surface area contributed by atoms with E-state index in [1.165, 1.54) is 12.1 Å². The molecule has 21 heavy (non-hydrogen) atoms. The Bertz CT molecular complexity index is 720. The number of pyridine rings is 1. The smallest absolute Gasteiger partial charge is 0.337 e. The first-order valence-corrected chi connectivity index (χ1v) is 5.91. The molecule has 0 spiro atoms. The van der Waals surface area contributed by atoms with Crippen LogP contribution < -0.4 is 5.32 Å². The van der Waals surface area contributed by atoms with Crippen molar-refractivity contribution in [3.05, 3.63) is 58.2 Å². The van der Waals surface area contributed by atoms with Crippen LogP contribution in [0.1, 0.15) is 20.7 Å². The Kier molecular flexibility index (Phi) is 4.13. The molecule has 0 atom stereocenters. The summed E-state index contributed by atoms with van der Waals surface area (Å²) in [5, 5.41) is 10.7. The van der Waals surface area contributed by atoms with E-state index in [9.17, 15) is 18.4 Å². The Morgan fingerprint density at radius 3 is 2.43 bits per heavy atom. The van der Waals surface area contributed by atoms with Crippen LogP contribution in [0.25, 0.3) is 0 Å². The highest BCUT2D eigenvalue weighted by Crippen LogP contribution is 2.21. The second-order valence-electron chi connectivity index (χ2n) is 3.94. The van der Waals surface area contributed by atoms with Gasteiger partial charge in [-0.2, -0.15) is 0 Å². The lowest BCUT2D eigenvalue weighted by atomic mass is 10.2. The minimum Gasteiger partial charge on any atom is -0.478 e. The molecular formula is C13H7ClF2N2O3. The number of carbonyl (C=O) groups excluding carboxylic acids is 1. The van der Waals surface area contributed by atoms with Crippen molar-refractivity contribution < 1.29 is 23.5 Å². The van der Waals surface area contributed by atoms with Crippen LogP contribution in [0.2, 0.25) is 5.02 Å². The van der Waals surface area contributed by atoms with Crippen molar-refractivity contribution in [2.45, 2.75) is 0 Å². The van der Waals surface area contributed by atoms with Crippen LogP contribution in [0.15, 0.2) is 30.5 Å². The number of aromatic nitrogens is 1. The van der Waals surface area contributed by atoms with Crippen molar-refractivity contribution in [3.63, 3.8) is 0 Å². The van der Waals surface area contributed by atoms with Gasteiger partial charge in [0, 0.05) is 6.20 Å². The third-order valence-corrected chi connectivity index (χ3v) is 2.82. The average molecular weight is 313 g/mol. The monoisotopic (exact) mass is 312 g/mol. The highest BCUT2D eigenvalue weighted by atomic mass is 35.5. The van der Waals surface area contributed by atoms with Crippen LogP contribution >= 0.6 is 11.6 Å². The van der Waals surface area contributed by atoms with Gasteiger partial charge in [0.15, 0.2) is 11.6 Å². The molecule has 0 unspecified atom stereocenters. The van der Waals surface area contributed by atoms with Gasteiger partial charge in [0.25, 0.3) is 5.91 Å². The molecule has 8 heteroatoms. The molecule has 0 aliphatic heterocycles. The van der Waals surface area contributed by atoms with Crippen LogP contribution in [0, 0.1) is 11.6 Å². The van der Waals surface area contributed by atoms with Gasteiger partial charge in [0.2, 0.25) is 0 Å². The summed E-state index contributed by atoms with van der Waals surface area (Å²) in [6, 6.07) is 3.85. The summed E-state index contributed by atoms with van der Waals surface area (Å²) in [4.78, 5) is 26.2. The zero-order valence-electron chi connectivity index (χ0n) is 10.2. The lowest BCUT2D eigenvalue weighted by Crippen LogP contribution is -2.14. The van der Waals surface area contributed by atoms with E-state index in [2.05, 4.69) is 10.3 Å².